The van der Waals surface area contributed by atoms with Crippen molar-refractivity contribution in [1.82, 2.24) is 21.3 Å². The third kappa shape index (κ3) is 61.9. The molecule has 0 fully saturated rings. The third-order valence-corrected chi connectivity index (χ3v) is 11.5. The molecule has 22 nitrogen and oxygen atoms in total. The van der Waals surface area contributed by atoms with Gasteiger partial charge in [-0.15, -0.1) is 0 Å². The first-order chi connectivity index (χ1) is 33.2. The van der Waals surface area contributed by atoms with E-state index in [0.29, 0.717) is 84.9 Å². The fraction of sp³-hybridized carbons (Fsp3) is 0.867. The van der Waals surface area contributed by atoms with E-state index in [1.165, 1.54) is 18.2 Å². The molecule has 398 valence electrons. The fourth-order valence-corrected chi connectivity index (χ4v) is 6.87. The predicted molar refractivity (Wildman–Crippen MR) is 261 cm³/mol. The lowest BCUT2D eigenvalue weighted by atomic mass is 10.2. The summed E-state index contributed by atoms with van der Waals surface area (Å²) in [5, 5.41) is 19.2. The number of aliphatic hydroxyl groups excluding tert-OH is 1. The molecule has 0 bridgehead atoms. The van der Waals surface area contributed by atoms with Gasteiger partial charge in [-0.25, -0.2) is 43.7 Å². The van der Waals surface area contributed by atoms with Gasteiger partial charge in [-0.3, -0.25) is 0 Å². The number of carbonyl (C=O) groups excluding carboxylic acids is 6. The Labute approximate surface area is 407 Å². The van der Waals surface area contributed by atoms with Gasteiger partial charge in [0.05, 0.1) is 46.1 Å². The minimum Gasteiger partial charge on any atom is -0.447 e. The largest absolute Gasteiger partial charge is 0.500 e. The smallest absolute Gasteiger partial charge is 0.447 e. The predicted octanol–water partition coefficient (Wildman–Crippen LogP) is 5.93. The Morgan fingerprint density at radius 3 is 1.13 bits per heavy atom. The summed E-state index contributed by atoms with van der Waals surface area (Å²) >= 11 is 0. The lowest BCUT2D eigenvalue weighted by molar-refractivity contribution is 0.0729. The standard InChI is InChI=1S/C19H41N3O7Si.C13H24N2O4.C8H12N2O2.C5H12O2/c1-5-14-28-15-16-29-19(24)22-12-9-7-6-8-11-20-18(23)21-13-10-17-30(25-2,26-3)27-4;1-2-9-18-10-11-19-13(17)15-8-6-4-3-5-7-14-12-16;11-7-9-5-3-1-2-4-6-10-8-12;1-2-4-7-5-3-6/h5-17H2,1-4H3,(H,22,24)(H2,20,21,23);2-11H2,1H3,(H,15,17);1-6H2;6H,2-5H2,1H3. The molecule has 0 heterocycles. The summed E-state index contributed by atoms with van der Waals surface area (Å²) in [5.41, 5.74) is 0. The summed E-state index contributed by atoms with van der Waals surface area (Å²) in [6.07, 6.45) is 18.6. The first-order valence-electron chi connectivity index (χ1n) is 24.1. The van der Waals surface area contributed by atoms with E-state index in [1.807, 2.05) is 20.8 Å². The maximum absolute atomic E-state index is 11.8. The maximum Gasteiger partial charge on any atom is 0.500 e. The van der Waals surface area contributed by atoms with Crippen LogP contribution >= 0.6 is 0 Å². The zero-order chi connectivity index (χ0) is 51.3. The number of hydrogen-bond acceptors (Lipinski definition) is 18. The molecule has 0 aliphatic rings. The van der Waals surface area contributed by atoms with Gasteiger partial charge in [-0.1, -0.05) is 59.3 Å². The molecule has 0 aliphatic heterocycles. The Balaban J connectivity index is -0.000000456. The highest BCUT2D eigenvalue weighted by Crippen LogP contribution is 2.14. The van der Waals surface area contributed by atoms with Gasteiger partial charge < -0.3 is 63.3 Å². The van der Waals surface area contributed by atoms with Gasteiger partial charge in [0.15, 0.2) is 0 Å². The van der Waals surface area contributed by atoms with Crippen LogP contribution in [0.15, 0.2) is 15.0 Å². The molecule has 68 heavy (non-hydrogen) atoms. The van der Waals surface area contributed by atoms with E-state index in [4.69, 9.17) is 42.1 Å². The number of alkyl carbamates (subject to hydrolysis) is 2. The second-order valence-corrected chi connectivity index (χ2v) is 17.5. The van der Waals surface area contributed by atoms with Crippen LogP contribution in [-0.4, -0.2) is 177 Å². The minimum atomic E-state index is -2.57. The number of amides is 4. The number of urea groups is 1. The van der Waals surface area contributed by atoms with Crippen molar-refractivity contribution in [1.29, 1.82) is 0 Å². The summed E-state index contributed by atoms with van der Waals surface area (Å²) in [6, 6.07) is 0.465. The zero-order valence-electron chi connectivity index (χ0n) is 42.3. The average molecular weight is 996 g/mol. The van der Waals surface area contributed by atoms with E-state index in [2.05, 4.69) is 36.2 Å². The molecule has 23 heteroatoms. The van der Waals surface area contributed by atoms with Crippen molar-refractivity contribution in [3.8, 4) is 0 Å². The van der Waals surface area contributed by atoms with Crippen molar-refractivity contribution < 1.29 is 70.8 Å². The van der Waals surface area contributed by atoms with Crippen LogP contribution in [0, 0.1) is 0 Å². The van der Waals surface area contributed by atoms with Crippen LogP contribution in [0.2, 0.25) is 6.04 Å². The highest BCUT2D eigenvalue weighted by atomic mass is 28.4. The molecule has 5 N–H and O–H groups in total. The quantitative estimate of drug-likeness (QED) is 0.0205. The SMILES string of the molecule is CCCOCCO.CCCOCCOC(=O)NCCCCCCN=C=O.CCCOCCOC(=O)NCCCCCCNC(=O)NCCC[Si](OC)(OC)OC.O=C=NCCCCCCN=C=O. The number of hydrogen-bond donors (Lipinski definition) is 5. The first-order valence-corrected chi connectivity index (χ1v) is 26.0. The Hall–Kier alpha value is -4.11. The van der Waals surface area contributed by atoms with E-state index in [0.717, 1.165) is 109 Å². The van der Waals surface area contributed by atoms with Crippen LogP contribution in [0.1, 0.15) is 124 Å². The molecule has 0 atom stereocenters. The van der Waals surface area contributed by atoms with Gasteiger partial charge in [0, 0.05) is 73.4 Å². The topological polar surface area (TPSA) is 282 Å². The maximum atomic E-state index is 11.8. The van der Waals surface area contributed by atoms with Crippen molar-refractivity contribution >= 4 is 45.3 Å². The number of aliphatic imine (C=N–C) groups is 3. The van der Waals surface area contributed by atoms with Crippen LogP contribution in [0.3, 0.4) is 0 Å². The number of aliphatic hydroxyl groups is 1. The number of ether oxygens (including phenoxy) is 5. The van der Waals surface area contributed by atoms with Gasteiger partial charge >= 0.3 is 27.0 Å². The van der Waals surface area contributed by atoms with E-state index in [9.17, 15) is 28.8 Å². The van der Waals surface area contributed by atoms with E-state index < -0.39 is 21.0 Å². The van der Waals surface area contributed by atoms with Gasteiger partial charge in [0.25, 0.3) is 0 Å². The van der Waals surface area contributed by atoms with Crippen LogP contribution in [-0.2, 0) is 51.3 Å². The molecule has 0 saturated heterocycles. The van der Waals surface area contributed by atoms with E-state index >= 15 is 0 Å². The first kappa shape index (κ1) is 70.4. The van der Waals surface area contributed by atoms with Gasteiger partial charge in [-0.2, -0.15) is 0 Å². The van der Waals surface area contributed by atoms with Gasteiger partial charge in [0.2, 0.25) is 18.2 Å². The van der Waals surface area contributed by atoms with Crippen molar-refractivity contribution in [2.45, 2.75) is 130 Å². The number of isocyanates is 3. The summed E-state index contributed by atoms with van der Waals surface area (Å²) in [4.78, 5) is 73.7. The summed E-state index contributed by atoms with van der Waals surface area (Å²) in [5.74, 6) is 0. The highest BCUT2D eigenvalue weighted by molar-refractivity contribution is 6.60. The molecule has 0 unspecified atom stereocenters. The lowest BCUT2D eigenvalue weighted by Gasteiger charge is -2.24. The summed E-state index contributed by atoms with van der Waals surface area (Å²) in [6.45, 7) is 14.3. The molecule has 0 aromatic heterocycles. The Morgan fingerprint density at radius 2 is 0.794 bits per heavy atom. The molecule has 0 rings (SSSR count). The van der Waals surface area contributed by atoms with E-state index in [1.54, 1.807) is 21.3 Å². The molecular formula is C45H89N7O15Si. The molecule has 0 saturated carbocycles. The highest BCUT2D eigenvalue weighted by Gasteiger charge is 2.36. The molecule has 4 amide bonds. The Kier molecular flexibility index (Phi) is 65.2. The van der Waals surface area contributed by atoms with Crippen molar-refractivity contribution in [2.24, 2.45) is 15.0 Å². The summed E-state index contributed by atoms with van der Waals surface area (Å²) < 4.78 is 41.2. The monoisotopic (exact) mass is 996 g/mol. The van der Waals surface area contributed by atoms with Crippen molar-refractivity contribution in [3.05, 3.63) is 0 Å². The molecule has 0 aromatic carbocycles. The lowest BCUT2D eigenvalue weighted by Crippen LogP contribution is -2.43. The van der Waals surface area contributed by atoms with Crippen LogP contribution in [0.5, 0.6) is 0 Å². The Bertz CT molecular complexity index is 1220. The van der Waals surface area contributed by atoms with Gasteiger partial charge in [-0.05, 0) is 64.2 Å². The Morgan fingerprint density at radius 1 is 0.456 bits per heavy atom. The molecule has 0 spiro atoms. The number of nitrogens with one attached hydrogen (secondary N) is 4. The molecular weight excluding hydrogens is 907 g/mol. The van der Waals surface area contributed by atoms with Crippen LogP contribution in [0.4, 0.5) is 14.4 Å². The zero-order valence-corrected chi connectivity index (χ0v) is 43.3. The normalized spacial score (nSPS) is 10.1. The van der Waals surface area contributed by atoms with Crippen LogP contribution in [0.25, 0.3) is 0 Å². The summed E-state index contributed by atoms with van der Waals surface area (Å²) in [7, 11) is 2.16. The van der Waals surface area contributed by atoms with E-state index in [-0.39, 0.29) is 25.9 Å². The molecule has 0 aromatic rings. The fourth-order valence-electron chi connectivity index (χ4n) is 5.15. The van der Waals surface area contributed by atoms with Crippen molar-refractivity contribution in [2.75, 3.05) is 127 Å². The van der Waals surface area contributed by atoms with Crippen LogP contribution < -0.4 is 21.3 Å². The third-order valence-electron chi connectivity index (χ3n) is 8.69. The number of carbonyl (C=O) groups is 3. The molecule has 0 aliphatic carbocycles. The van der Waals surface area contributed by atoms with Gasteiger partial charge in [0.1, 0.15) is 13.2 Å². The molecule has 0 radical (unpaired) electrons. The second-order valence-electron chi connectivity index (χ2n) is 14.4. The second kappa shape index (κ2) is 62.9. The average Bonchev–Trinajstić information content (AvgIpc) is 3.35. The number of nitrogens with zero attached hydrogens (tertiary/aromatic N) is 3. The minimum absolute atomic E-state index is 0.139. The number of unbranched alkanes of at least 4 members (excludes halogenated alkanes) is 9. The van der Waals surface area contributed by atoms with Crippen molar-refractivity contribution in [3.63, 3.8) is 0 Å². The number of rotatable bonds is 42.